The van der Waals surface area contributed by atoms with Crippen LogP contribution in [0.15, 0.2) is 23.4 Å². The van der Waals surface area contributed by atoms with Gasteiger partial charge in [0.1, 0.15) is 11.5 Å². The van der Waals surface area contributed by atoms with Crippen molar-refractivity contribution in [1.82, 2.24) is 20.2 Å². The van der Waals surface area contributed by atoms with Crippen molar-refractivity contribution in [2.75, 3.05) is 50.8 Å². The third-order valence-corrected chi connectivity index (χ3v) is 7.03. The van der Waals surface area contributed by atoms with Gasteiger partial charge < -0.3 is 25.4 Å². The van der Waals surface area contributed by atoms with Gasteiger partial charge in [-0.1, -0.05) is 0 Å². The fraction of sp³-hybridized carbons (Fsp3) is 0.667. The molecule has 0 radical (unpaired) electrons. The number of carbonyl (C=O) groups excluding carboxylic acids is 1. The Bertz CT molecular complexity index is 873. The lowest BCUT2D eigenvalue weighted by Gasteiger charge is -2.48. The molecule has 33 heavy (non-hydrogen) atoms. The first-order chi connectivity index (χ1) is 15.9. The lowest BCUT2D eigenvalue weighted by Crippen LogP contribution is -2.58. The molecule has 2 aliphatic heterocycles. The van der Waals surface area contributed by atoms with E-state index in [1.54, 1.807) is 0 Å². The molecular weight excluding hydrogens is 418 g/mol. The maximum absolute atomic E-state index is 11.9. The van der Waals surface area contributed by atoms with Gasteiger partial charge in [-0.2, -0.15) is 5.10 Å². The SMILES string of the molecule is CCOC(=O)N1CC2(CCC(N3CCN(c4ncccc4/C(C=N)=N/NC(C)C)CC3)C2)C1. The van der Waals surface area contributed by atoms with Crippen LogP contribution in [0.3, 0.4) is 0 Å². The van der Waals surface area contributed by atoms with Crippen LogP contribution in [0.25, 0.3) is 0 Å². The zero-order chi connectivity index (χ0) is 23.4. The van der Waals surface area contributed by atoms with E-state index in [9.17, 15) is 4.79 Å². The van der Waals surface area contributed by atoms with E-state index in [0.717, 1.165) is 50.6 Å². The first-order valence-electron chi connectivity index (χ1n) is 12.1. The smallest absolute Gasteiger partial charge is 0.409 e. The molecule has 9 nitrogen and oxygen atoms in total. The van der Waals surface area contributed by atoms with Crippen molar-refractivity contribution < 1.29 is 9.53 Å². The Morgan fingerprint density at radius 1 is 1.36 bits per heavy atom. The van der Waals surface area contributed by atoms with Crippen LogP contribution in [0.5, 0.6) is 0 Å². The molecule has 4 rings (SSSR count). The number of ether oxygens (including phenoxy) is 1. The highest BCUT2D eigenvalue weighted by molar-refractivity contribution is 6.38. The van der Waals surface area contributed by atoms with Crippen molar-refractivity contribution in [2.45, 2.75) is 52.1 Å². The molecule has 2 saturated heterocycles. The van der Waals surface area contributed by atoms with Gasteiger partial charge in [-0.05, 0) is 52.2 Å². The summed E-state index contributed by atoms with van der Waals surface area (Å²) in [5, 5.41) is 12.3. The number of hydrogen-bond donors (Lipinski definition) is 2. The van der Waals surface area contributed by atoms with E-state index in [-0.39, 0.29) is 12.1 Å². The highest BCUT2D eigenvalue weighted by Gasteiger charge is 2.51. The van der Waals surface area contributed by atoms with E-state index >= 15 is 0 Å². The molecule has 3 fully saturated rings. The summed E-state index contributed by atoms with van der Waals surface area (Å²) in [6.07, 6.45) is 6.51. The van der Waals surface area contributed by atoms with Crippen LogP contribution < -0.4 is 10.3 Å². The van der Waals surface area contributed by atoms with Gasteiger partial charge in [0, 0.05) is 74.7 Å². The van der Waals surface area contributed by atoms with E-state index in [1.807, 2.05) is 44.0 Å². The predicted molar refractivity (Wildman–Crippen MR) is 130 cm³/mol. The Balaban J connectivity index is 1.34. The van der Waals surface area contributed by atoms with Gasteiger partial charge in [0.2, 0.25) is 0 Å². The van der Waals surface area contributed by atoms with Crippen LogP contribution in [-0.2, 0) is 4.74 Å². The molecule has 180 valence electrons. The standard InChI is InChI=1S/C24H37N7O2/c1-4-33-23(32)31-16-24(17-31)8-7-19(14-24)29-10-12-30(13-11-29)22-20(6-5-9-26-22)21(15-25)28-27-18(2)3/h5-6,9,15,18-19,25,27H,4,7-8,10-14,16-17H2,1-3H3/b25-15?,28-21+. The Kier molecular flexibility index (Phi) is 7.17. The van der Waals surface area contributed by atoms with E-state index in [2.05, 4.69) is 25.3 Å². The molecule has 2 N–H and O–H groups in total. The van der Waals surface area contributed by atoms with E-state index in [0.29, 0.717) is 23.8 Å². The summed E-state index contributed by atoms with van der Waals surface area (Å²) in [5.41, 5.74) is 4.84. The molecule has 3 aliphatic rings. The van der Waals surface area contributed by atoms with Crippen LogP contribution in [0.4, 0.5) is 10.6 Å². The van der Waals surface area contributed by atoms with Gasteiger partial charge in [-0.3, -0.25) is 4.90 Å². The predicted octanol–water partition coefficient (Wildman–Crippen LogP) is 2.57. The van der Waals surface area contributed by atoms with E-state index in [1.165, 1.54) is 25.5 Å². The number of aromatic nitrogens is 1. The quantitative estimate of drug-likeness (QED) is 0.485. The van der Waals surface area contributed by atoms with Crippen molar-refractivity contribution >= 4 is 23.8 Å². The van der Waals surface area contributed by atoms with Crippen LogP contribution >= 0.6 is 0 Å². The number of nitrogens with one attached hydrogen (secondary N) is 2. The normalized spacial score (nSPS) is 23.0. The van der Waals surface area contributed by atoms with Crippen molar-refractivity contribution in [1.29, 1.82) is 5.41 Å². The number of hydrazone groups is 1. The second kappa shape index (κ2) is 10.1. The van der Waals surface area contributed by atoms with Crippen LogP contribution in [0.1, 0.15) is 45.6 Å². The number of hydrogen-bond acceptors (Lipinski definition) is 8. The minimum atomic E-state index is -0.164. The number of piperazine rings is 1. The number of carbonyl (C=O) groups is 1. The van der Waals surface area contributed by atoms with Crippen molar-refractivity contribution in [3.8, 4) is 0 Å². The molecule has 1 aromatic rings. The van der Waals surface area contributed by atoms with Crippen LogP contribution in [0, 0.1) is 10.8 Å². The molecule has 1 atom stereocenters. The summed E-state index contributed by atoms with van der Waals surface area (Å²) in [6, 6.07) is 4.69. The summed E-state index contributed by atoms with van der Waals surface area (Å²) in [7, 11) is 0. The first kappa shape index (κ1) is 23.5. The minimum Gasteiger partial charge on any atom is -0.450 e. The van der Waals surface area contributed by atoms with Gasteiger partial charge in [-0.15, -0.1) is 0 Å². The number of likely N-dealkylation sites (tertiary alicyclic amines) is 1. The highest BCUT2D eigenvalue weighted by atomic mass is 16.6. The highest BCUT2D eigenvalue weighted by Crippen LogP contribution is 2.47. The van der Waals surface area contributed by atoms with Crippen LogP contribution in [0.2, 0.25) is 0 Å². The third-order valence-electron chi connectivity index (χ3n) is 7.03. The lowest BCUT2D eigenvalue weighted by atomic mass is 9.78. The summed E-state index contributed by atoms with van der Waals surface area (Å²) in [4.78, 5) is 23.4. The first-order valence-corrected chi connectivity index (χ1v) is 12.1. The molecule has 3 heterocycles. The molecule has 0 aromatic carbocycles. The molecule has 1 aromatic heterocycles. The minimum absolute atomic E-state index is 0.164. The van der Waals surface area contributed by atoms with Gasteiger partial charge in [0.25, 0.3) is 0 Å². The number of pyridine rings is 1. The van der Waals surface area contributed by atoms with Crippen molar-refractivity contribution in [3.05, 3.63) is 23.9 Å². The van der Waals surface area contributed by atoms with E-state index < -0.39 is 0 Å². The maximum atomic E-state index is 11.9. The maximum Gasteiger partial charge on any atom is 0.409 e. The fourth-order valence-electron chi connectivity index (χ4n) is 5.40. The van der Waals surface area contributed by atoms with Gasteiger partial charge in [0.05, 0.1) is 6.61 Å². The Morgan fingerprint density at radius 2 is 2.12 bits per heavy atom. The van der Waals surface area contributed by atoms with Gasteiger partial charge in [0.15, 0.2) is 0 Å². The molecule has 1 amide bonds. The Labute approximate surface area is 196 Å². The summed E-state index contributed by atoms with van der Waals surface area (Å²) in [5.74, 6) is 0.900. The second-order valence-electron chi connectivity index (χ2n) is 9.77. The summed E-state index contributed by atoms with van der Waals surface area (Å²) in [6.45, 7) is 11.9. The Hall–Kier alpha value is -2.68. The lowest BCUT2D eigenvalue weighted by molar-refractivity contribution is -0.00294. The van der Waals surface area contributed by atoms with Gasteiger partial charge >= 0.3 is 6.09 Å². The number of amides is 1. The third kappa shape index (κ3) is 5.13. The summed E-state index contributed by atoms with van der Waals surface area (Å²) < 4.78 is 5.15. The fourth-order valence-corrected chi connectivity index (χ4v) is 5.40. The summed E-state index contributed by atoms with van der Waals surface area (Å²) >= 11 is 0. The largest absolute Gasteiger partial charge is 0.450 e. The average molecular weight is 456 g/mol. The molecule has 1 unspecified atom stereocenters. The average Bonchev–Trinajstić information content (AvgIpc) is 3.25. The molecule has 9 heteroatoms. The van der Waals surface area contributed by atoms with Crippen molar-refractivity contribution in [2.24, 2.45) is 10.5 Å². The monoisotopic (exact) mass is 455 g/mol. The molecule has 0 bridgehead atoms. The zero-order valence-corrected chi connectivity index (χ0v) is 20.1. The van der Waals surface area contributed by atoms with Gasteiger partial charge in [-0.25, -0.2) is 9.78 Å². The number of nitrogens with zero attached hydrogens (tertiary/aromatic N) is 5. The zero-order valence-electron chi connectivity index (χ0n) is 20.1. The molecule has 1 aliphatic carbocycles. The second-order valence-corrected chi connectivity index (χ2v) is 9.77. The van der Waals surface area contributed by atoms with Crippen LogP contribution in [-0.4, -0.2) is 90.8 Å². The molecule has 1 saturated carbocycles. The number of rotatable bonds is 7. The van der Waals surface area contributed by atoms with Crippen molar-refractivity contribution in [3.63, 3.8) is 0 Å². The molecule has 1 spiro atoms. The number of anilines is 1. The topological polar surface area (TPSA) is 97.2 Å². The molecular formula is C24H37N7O2. The Morgan fingerprint density at radius 3 is 2.79 bits per heavy atom. The van der Waals surface area contributed by atoms with E-state index in [4.69, 9.17) is 10.1 Å².